The van der Waals surface area contributed by atoms with Crippen LogP contribution in [0, 0.1) is 5.41 Å². The van der Waals surface area contributed by atoms with Crippen molar-refractivity contribution in [3.8, 4) is 0 Å². The van der Waals surface area contributed by atoms with Crippen molar-refractivity contribution in [1.82, 2.24) is 5.32 Å². The molecule has 0 atom stereocenters. The summed E-state index contributed by atoms with van der Waals surface area (Å²) in [6.45, 7) is 13.4. The second kappa shape index (κ2) is 9.01. The molecule has 0 aromatic heterocycles. The van der Waals surface area contributed by atoms with Crippen molar-refractivity contribution in [2.45, 2.75) is 34.6 Å². The Hall–Kier alpha value is -0.0800. The van der Waals surface area contributed by atoms with Crippen LogP contribution in [-0.2, 0) is 4.74 Å². The van der Waals surface area contributed by atoms with Gasteiger partial charge in [0.25, 0.3) is 0 Å². The molecule has 0 saturated heterocycles. The molecule has 0 aliphatic heterocycles. The lowest BCUT2D eigenvalue weighted by atomic mass is 9.95. The van der Waals surface area contributed by atoms with Crippen LogP contribution in [0.1, 0.15) is 34.6 Å². The van der Waals surface area contributed by atoms with Crippen LogP contribution in [0.15, 0.2) is 0 Å². The van der Waals surface area contributed by atoms with E-state index in [0.717, 1.165) is 19.7 Å². The van der Waals surface area contributed by atoms with Gasteiger partial charge in [-0.25, -0.2) is 0 Å². The van der Waals surface area contributed by atoms with Crippen molar-refractivity contribution in [3.05, 3.63) is 0 Å². The molecule has 0 unspecified atom stereocenters. The molecule has 76 valence electrons. The first-order valence-electron chi connectivity index (χ1n) is 4.82. The Morgan fingerprint density at radius 3 is 2.08 bits per heavy atom. The molecule has 12 heavy (non-hydrogen) atoms. The molecule has 0 radical (unpaired) electrons. The Morgan fingerprint density at radius 1 is 1.25 bits per heavy atom. The van der Waals surface area contributed by atoms with Crippen LogP contribution in [0.5, 0.6) is 0 Å². The maximum absolute atomic E-state index is 5.06. The SMILES string of the molecule is CC.CCNCC(C)(C)COC. The van der Waals surface area contributed by atoms with Gasteiger partial charge in [-0.3, -0.25) is 0 Å². The zero-order valence-electron chi connectivity index (χ0n) is 9.53. The van der Waals surface area contributed by atoms with Gasteiger partial charge >= 0.3 is 0 Å². The standard InChI is InChI=1S/C8H19NO.C2H6/c1-5-9-6-8(2,3)7-10-4;1-2/h9H,5-7H2,1-4H3;1-2H3. The van der Waals surface area contributed by atoms with E-state index in [0.29, 0.717) is 0 Å². The number of ether oxygens (including phenoxy) is 1. The molecule has 0 rings (SSSR count). The Morgan fingerprint density at radius 2 is 1.75 bits per heavy atom. The highest BCUT2D eigenvalue weighted by molar-refractivity contribution is 4.69. The van der Waals surface area contributed by atoms with Crippen LogP contribution in [0.2, 0.25) is 0 Å². The fourth-order valence-corrected chi connectivity index (χ4v) is 0.905. The number of methoxy groups -OCH3 is 1. The first-order valence-corrected chi connectivity index (χ1v) is 4.82. The van der Waals surface area contributed by atoms with E-state index < -0.39 is 0 Å². The molecule has 0 aliphatic carbocycles. The van der Waals surface area contributed by atoms with Gasteiger partial charge < -0.3 is 10.1 Å². The van der Waals surface area contributed by atoms with Crippen LogP contribution in [-0.4, -0.2) is 26.8 Å². The lowest BCUT2D eigenvalue weighted by Crippen LogP contribution is -2.32. The molecule has 0 bridgehead atoms. The first kappa shape index (κ1) is 14.4. The molecule has 0 fully saturated rings. The maximum Gasteiger partial charge on any atom is 0.0525 e. The van der Waals surface area contributed by atoms with Crippen molar-refractivity contribution in [1.29, 1.82) is 0 Å². The van der Waals surface area contributed by atoms with Gasteiger partial charge in [0.2, 0.25) is 0 Å². The van der Waals surface area contributed by atoms with Gasteiger partial charge in [0, 0.05) is 19.1 Å². The van der Waals surface area contributed by atoms with Crippen LogP contribution < -0.4 is 5.32 Å². The number of hydrogen-bond donors (Lipinski definition) is 1. The van der Waals surface area contributed by atoms with Gasteiger partial charge in [-0.15, -0.1) is 0 Å². The summed E-state index contributed by atoms with van der Waals surface area (Å²) >= 11 is 0. The van der Waals surface area contributed by atoms with E-state index in [1.807, 2.05) is 13.8 Å². The van der Waals surface area contributed by atoms with E-state index in [9.17, 15) is 0 Å². The van der Waals surface area contributed by atoms with Gasteiger partial charge in [-0.2, -0.15) is 0 Å². The average molecular weight is 175 g/mol. The summed E-state index contributed by atoms with van der Waals surface area (Å²) in [6, 6.07) is 0. The molecule has 0 heterocycles. The Bertz CT molecular complexity index is 81.9. The number of nitrogens with one attached hydrogen (secondary N) is 1. The predicted molar refractivity (Wildman–Crippen MR) is 55.5 cm³/mol. The lowest BCUT2D eigenvalue weighted by molar-refractivity contribution is 0.104. The van der Waals surface area contributed by atoms with Crippen molar-refractivity contribution >= 4 is 0 Å². The van der Waals surface area contributed by atoms with Crippen LogP contribution in [0.4, 0.5) is 0 Å². The Balaban J connectivity index is 0. The average Bonchev–Trinajstić information content (AvgIpc) is 2.05. The van der Waals surface area contributed by atoms with E-state index in [2.05, 4.69) is 26.1 Å². The number of hydrogen-bond acceptors (Lipinski definition) is 2. The minimum absolute atomic E-state index is 0.269. The molecule has 0 amide bonds. The van der Waals surface area contributed by atoms with E-state index in [1.54, 1.807) is 7.11 Å². The monoisotopic (exact) mass is 175 g/mol. The smallest absolute Gasteiger partial charge is 0.0525 e. The maximum atomic E-state index is 5.06. The van der Waals surface area contributed by atoms with Crippen molar-refractivity contribution < 1.29 is 4.74 Å². The molecule has 1 N–H and O–H groups in total. The zero-order valence-corrected chi connectivity index (χ0v) is 9.53. The summed E-state index contributed by atoms with van der Waals surface area (Å²) < 4.78 is 5.06. The lowest BCUT2D eigenvalue weighted by Gasteiger charge is -2.23. The summed E-state index contributed by atoms with van der Waals surface area (Å²) in [5, 5.41) is 3.29. The van der Waals surface area contributed by atoms with Gasteiger partial charge in [-0.1, -0.05) is 34.6 Å². The van der Waals surface area contributed by atoms with Gasteiger partial charge in [-0.05, 0) is 6.54 Å². The highest BCUT2D eigenvalue weighted by Gasteiger charge is 2.15. The minimum atomic E-state index is 0.269. The highest BCUT2D eigenvalue weighted by atomic mass is 16.5. The Labute approximate surface area is 77.7 Å². The van der Waals surface area contributed by atoms with Crippen molar-refractivity contribution in [2.75, 3.05) is 26.8 Å². The quantitative estimate of drug-likeness (QED) is 0.692. The van der Waals surface area contributed by atoms with E-state index in [4.69, 9.17) is 4.74 Å². The normalized spacial score (nSPS) is 10.5. The van der Waals surface area contributed by atoms with Crippen molar-refractivity contribution in [2.24, 2.45) is 5.41 Å². The summed E-state index contributed by atoms with van der Waals surface area (Å²) in [6.07, 6.45) is 0. The van der Waals surface area contributed by atoms with Gasteiger partial charge in [0.1, 0.15) is 0 Å². The summed E-state index contributed by atoms with van der Waals surface area (Å²) in [5.74, 6) is 0. The molecule has 2 heteroatoms. The zero-order chi connectivity index (χ0) is 10.0. The third-order valence-corrected chi connectivity index (χ3v) is 1.39. The number of rotatable bonds is 5. The van der Waals surface area contributed by atoms with Gasteiger partial charge in [0.15, 0.2) is 0 Å². The van der Waals surface area contributed by atoms with Gasteiger partial charge in [0.05, 0.1) is 6.61 Å². The molecule has 0 aromatic rings. The second-order valence-electron chi connectivity index (χ2n) is 3.38. The van der Waals surface area contributed by atoms with Crippen LogP contribution >= 0.6 is 0 Å². The molecule has 0 aromatic carbocycles. The molecule has 0 aliphatic rings. The summed E-state index contributed by atoms with van der Waals surface area (Å²) in [5.41, 5.74) is 0.269. The minimum Gasteiger partial charge on any atom is -0.384 e. The molecule has 0 saturated carbocycles. The first-order chi connectivity index (χ1) is 5.62. The molecular formula is C10H25NO. The predicted octanol–water partition coefficient (Wildman–Crippen LogP) is 2.29. The van der Waals surface area contributed by atoms with E-state index in [1.165, 1.54) is 0 Å². The molecular weight excluding hydrogens is 150 g/mol. The fraction of sp³-hybridized carbons (Fsp3) is 1.00. The van der Waals surface area contributed by atoms with Crippen LogP contribution in [0.25, 0.3) is 0 Å². The van der Waals surface area contributed by atoms with E-state index in [-0.39, 0.29) is 5.41 Å². The fourth-order valence-electron chi connectivity index (χ4n) is 0.905. The molecule has 2 nitrogen and oxygen atoms in total. The molecule has 0 spiro atoms. The topological polar surface area (TPSA) is 21.3 Å². The second-order valence-corrected chi connectivity index (χ2v) is 3.38. The highest BCUT2D eigenvalue weighted by Crippen LogP contribution is 2.12. The Kier molecular flexibility index (Phi) is 10.8. The van der Waals surface area contributed by atoms with Crippen molar-refractivity contribution in [3.63, 3.8) is 0 Å². The third kappa shape index (κ3) is 9.92. The summed E-state index contributed by atoms with van der Waals surface area (Å²) in [4.78, 5) is 0. The largest absolute Gasteiger partial charge is 0.384 e. The third-order valence-electron chi connectivity index (χ3n) is 1.39. The van der Waals surface area contributed by atoms with E-state index >= 15 is 0 Å². The summed E-state index contributed by atoms with van der Waals surface area (Å²) in [7, 11) is 1.74. The van der Waals surface area contributed by atoms with Crippen LogP contribution in [0.3, 0.4) is 0 Å².